The molecule has 0 bridgehead atoms. The summed E-state index contributed by atoms with van der Waals surface area (Å²) in [6.45, 7) is 9.72. The van der Waals surface area contributed by atoms with Crippen LogP contribution < -0.4 is 15.2 Å². The van der Waals surface area contributed by atoms with Crippen LogP contribution in [-0.2, 0) is 6.54 Å². The number of nitrogens with zero attached hydrogens (tertiary/aromatic N) is 1. The highest BCUT2D eigenvalue weighted by molar-refractivity contribution is 5.80. The molecule has 0 amide bonds. The molecule has 0 radical (unpaired) electrons. The van der Waals surface area contributed by atoms with Gasteiger partial charge in [-0.05, 0) is 86.2 Å². The second-order valence-corrected chi connectivity index (χ2v) is 6.81. The molecular weight excluding hydrogens is 324 g/mol. The summed E-state index contributed by atoms with van der Waals surface area (Å²) in [6, 6.07) is 12.2. The first-order chi connectivity index (χ1) is 12.4. The molecule has 0 aliphatic rings. The zero-order valence-corrected chi connectivity index (χ0v) is 16.1. The van der Waals surface area contributed by atoms with Crippen molar-refractivity contribution in [3.63, 3.8) is 0 Å². The summed E-state index contributed by atoms with van der Waals surface area (Å²) in [4.78, 5) is 17.8. The Morgan fingerprint density at radius 3 is 2.38 bits per heavy atom. The van der Waals surface area contributed by atoms with Crippen LogP contribution in [0.1, 0.15) is 29.2 Å². The summed E-state index contributed by atoms with van der Waals surface area (Å²) in [7, 11) is 1.67. The third-order valence-electron chi connectivity index (χ3n) is 5.02. The molecule has 0 unspecified atom stereocenters. The average molecular weight is 350 g/mol. The van der Waals surface area contributed by atoms with E-state index >= 15 is 0 Å². The molecule has 1 heterocycles. The number of aromatic amines is 1. The molecule has 1 aromatic heterocycles. The second-order valence-electron chi connectivity index (χ2n) is 6.81. The molecule has 0 aliphatic heterocycles. The van der Waals surface area contributed by atoms with E-state index < -0.39 is 0 Å². The van der Waals surface area contributed by atoms with Gasteiger partial charge in [-0.3, -0.25) is 4.79 Å². The lowest BCUT2D eigenvalue weighted by molar-refractivity contribution is 0.414. The minimum absolute atomic E-state index is 0.0228. The third kappa shape index (κ3) is 3.45. The normalized spacial score (nSPS) is 11.0. The minimum Gasteiger partial charge on any atom is -0.497 e. The van der Waals surface area contributed by atoms with Crippen molar-refractivity contribution < 1.29 is 4.74 Å². The highest BCUT2D eigenvalue weighted by atomic mass is 16.5. The molecule has 0 spiro atoms. The number of aryl methyl sites for hydroxylation is 3. The Kier molecular flexibility index (Phi) is 5.03. The van der Waals surface area contributed by atoms with Gasteiger partial charge in [0, 0.05) is 29.9 Å². The van der Waals surface area contributed by atoms with E-state index in [4.69, 9.17) is 4.74 Å². The SMILES string of the molecule is CCN(Cc1cc2cc(C)c(C)cc2[nH]c1=O)c1ccc(OC)cc1C. The van der Waals surface area contributed by atoms with Crippen molar-refractivity contribution in [1.29, 1.82) is 0 Å². The lowest BCUT2D eigenvalue weighted by Gasteiger charge is -2.25. The van der Waals surface area contributed by atoms with Gasteiger partial charge in [-0.2, -0.15) is 0 Å². The zero-order chi connectivity index (χ0) is 18.8. The summed E-state index contributed by atoms with van der Waals surface area (Å²) in [6.07, 6.45) is 0. The average Bonchev–Trinajstić information content (AvgIpc) is 2.62. The predicted octanol–water partition coefficient (Wildman–Crippen LogP) is 4.49. The molecule has 4 nitrogen and oxygen atoms in total. The minimum atomic E-state index is -0.0228. The van der Waals surface area contributed by atoms with Crippen molar-refractivity contribution in [1.82, 2.24) is 4.98 Å². The first-order valence-electron chi connectivity index (χ1n) is 8.95. The number of nitrogens with one attached hydrogen (secondary N) is 1. The van der Waals surface area contributed by atoms with E-state index in [0.29, 0.717) is 6.54 Å². The van der Waals surface area contributed by atoms with Crippen LogP contribution in [0.25, 0.3) is 10.9 Å². The Balaban J connectivity index is 1.99. The number of benzene rings is 2. The Morgan fingerprint density at radius 2 is 1.73 bits per heavy atom. The summed E-state index contributed by atoms with van der Waals surface area (Å²) in [5.74, 6) is 0.844. The first-order valence-corrected chi connectivity index (χ1v) is 8.95. The van der Waals surface area contributed by atoms with Gasteiger partial charge in [-0.25, -0.2) is 0 Å². The fraction of sp³-hybridized carbons (Fsp3) is 0.318. The Morgan fingerprint density at radius 1 is 1.00 bits per heavy atom. The molecule has 2 aromatic carbocycles. The molecule has 1 N–H and O–H groups in total. The molecule has 0 aliphatic carbocycles. The van der Waals surface area contributed by atoms with Gasteiger partial charge < -0.3 is 14.6 Å². The number of aromatic nitrogens is 1. The van der Waals surface area contributed by atoms with Gasteiger partial charge in [0.2, 0.25) is 0 Å². The van der Waals surface area contributed by atoms with Crippen molar-refractivity contribution in [3.05, 3.63) is 69.0 Å². The maximum atomic E-state index is 12.6. The van der Waals surface area contributed by atoms with E-state index in [2.05, 4.69) is 49.7 Å². The van der Waals surface area contributed by atoms with E-state index in [1.807, 2.05) is 24.3 Å². The number of methoxy groups -OCH3 is 1. The first kappa shape index (κ1) is 18.1. The van der Waals surface area contributed by atoms with Crippen LogP contribution in [0.15, 0.2) is 41.2 Å². The van der Waals surface area contributed by atoms with E-state index in [9.17, 15) is 4.79 Å². The van der Waals surface area contributed by atoms with Crippen LogP contribution in [0.2, 0.25) is 0 Å². The summed E-state index contributed by atoms with van der Waals surface area (Å²) < 4.78 is 5.30. The molecule has 3 rings (SSSR count). The highest BCUT2D eigenvalue weighted by Crippen LogP contribution is 2.26. The molecule has 0 fully saturated rings. The number of H-pyrrole nitrogens is 1. The lowest BCUT2D eigenvalue weighted by atomic mass is 10.0. The van der Waals surface area contributed by atoms with Gasteiger partial charge in [0.25, 0.3) is 5.56 Å². The summed E-state index contributed by atoms with van der Waals surface area (Å²) in [5.41, 5.74) is 6.32. The molecule has 0 saturated heterocycles. The lowest BCUT2D eigenvalue weighted by Crippen LogP contribution is -2.27. The standard InChI is InChI=1S/C22H26N2O2/c1-6-24(21-8-7-19(26-5)10-16(21)4)13-18-12-17-9-14(2)15(3)11-20(17)23-22(18)25/h7-12H,6,13H2,1-5H3,(H,23,25). The molecule has 26 heavy (non-hydrogen) atoms. The van der Waals surface area contributed by atoms with Gasteiger partial charge in [0.1, 0.15) is 5.75 Å². The van der Waals surface area contributed by atoms with Crippen LogP contribution in [0, 0.1) is 20.8 Å². The van der Waals surface area contributed by atoms with Gasteiger partial charge >= 0.3 is 0 Å². The fourth-order valence-corrected chi connectivity index (χ4v) is 3.32. The van der Waals surface area contributed by atoms with Gasteiger partial charge in [0.15, 0.2) is 0 Å². The van der Waals surface area contributed by atoms with Crippen LogP contribution in [0.3, 0.4) is 0 Å². The molecule has 4 heteroatoms. The van der Waals surface area contributed by atoms with E-state index in [1.165, 1.54) is 11.1 Å². The van der Waals surface area contributed by atoms with E-state index in [0.717, 1.165) is 40.0 Å². The van der Waals surface area contributed by atoms with E-state index in [-0.39, 0.29) is 5.56 Å². The molecule has 0 saturated carbocycles. The maximum Gasteiger partial charge on any atom is 0.253 e. The Labute approximate surface area is 154 Å². The molecular formula is C22H26N2O2. The topological polar surface area (TPSA) is 45.3 Å². The third-order valence-corrected chi connectivity index (χ3v) is 5.02. The van der Waals surface area contributed by atoms with Crippen molar-refractivity contribution in [2.45, 2.75) is 34.2 Å². The smallest absolute Gasteiger partial charge is 0.253 e. The van der Waals surface area contributed by atoms with Crippen molar-refractivity contribution in [3.8, 4) is 5.75 Å². The van der Waals surface area contributed by atoms with Crippen molar-refractivity contribution in [2.75, 3.05) is 18.6 Å². The number of rotatable bonds is 5. The predicted molar refractivity (Wildman–Crippen MR) is 108 cm³/mol. The number of anilines is 1. The van der Waals surface area contributed by atoms with Gasteiger partial charge in [-0.1, -0.05) is 0 Å². The summed E-state index contributed by atoms with van der Waals surface area (Å²) >= 11 is 0. The summed E-state index contributed by atoms with van der Waals surface area (Å²) in [5, 5.41) is 1.07. The monoisotopic (exact) mass is 350 g/mol. The largest absolute Gasteiger partial charge is 0.497 e. The van der Waals surface area contributed by atoms with Gasteiger partial charge in [0.05, 0.1) is 7.11 Å². The number of ether oxygens (including phenoxy) is 1. The Hall–Kier alpha value is -2.75. The number of hydrogen-bond donors (Lipinski definition) is 1. The maximum absolute atomic E-state index is 12.6. The molecule has 0 atom stereocenters. The Bertz CT molecular complexity index is 1000. The van der Waals surface area contributed by atoms with Crippen LogP contribution in [0.5, 0.6) is 5.75 Å². The highest BCUT2D eigenvalue weighted by Gasteiger charge is 2.12. The van der Waals surface area contributed by atoms with E-state index in [1.54, 1.807) is 7.11 Å². The number of hydrogen-bond acceptors (Lipinski definition) is 3. The van der Waals surface area contributed by atoms with Crippen LogP contribution >= 0.6 is 0 Å². The fourth-order valence-electron chi connectivity index (χ4n) is 3.32. The quantitative estimate of drug-likeness (QED) is 0.737. The molecule has 136 valence electrons. The second kappa shape index (κ2) is 7.24. The van der Waals surface area contributed by atoms with Crippen molar-refractivity contribution >= 4 is 16.6 Å². The number of fused-ring (bicyclic) bond motifs is 1. The van der Waals surface area contributed by atoms with Gasteiger partial charge in [-0.15, -0.1) is 0 Å². The molecule has 3 aromatic rings. The van der Waals surface area contributed by atoms with Crippen molar-refractivity contribution in [2.24, 2.45) is 0 Å². The van der Waals surface area contributed by atoms with Crippen LogP contribution in [-0.4, -0.2) is 18.6 Å². The number of pyridine rings is 1. The zero-order valence-electron chi connectivity index (χ0n) is 16.1. The van der Waals surface area contributed by atoms with Crippen LogP contribution in [0.4, 0.5) is 5.69 Å².